The lowest BCUT2D eigenvalue weighted by molar-refractivity contribution is 0.0496. The van der Waals surface area contributed by atoms with Crippen LogP contribution < -0.4 is 0 Å². The fourth-order valence-electron chi connectivity index (χ4n) is 2.46. The van der Waals surface area contributed by atoms with Crippen molar-refractivity contribution in [3.05, 3.63) is 17.3 Å². The van der Waals surface area contributed by atoms with Gasteiger partial charge in [0.25, 0.3) is 5.91 Å². The summed E-state index contributed by atoms with van der Waals surface area (Å²) >= 11 is 0. The molecule has 0 aliphatic carbocycles. The quantitative estimate of drug-likeness (QED) is 0.866. The molecule has 1 saturated heterocycles. The molecule has 5 heteroatoms. The third kappa shape index (κ3) is 2.56. The van der Waals surface area contributed by atoms with Gasteiger partial charge in [-0.3, -0.25) is 4.79 Å². The standard InChI is InChI=1S/C13H20N2O3/c1-8-12(18-10(3)14-8)13(17)15-6-4-11(5-7-15)9(2)16/h9,11,16H,4-7H2,1-3H3. The van der Waals surface area contributed by atoms with Crippen molar-refractivity contribution in [2.24, 2.45) is 5.92 Å². The van der Waals surface area contributed by atoms with E-state index in [0.29, 0.717) is 36.4 Å². The molecule has 1 N–H and O–H groups in total. The van der Waals surface area contributed by atoms with Crippen LogP contribution in [0.4, 0.5) is 0 Å². The predicted molar refractivity (Wildman–Crippen MR) is 66.3 cm³/mol. The number of aliphatic hydroxyl groups excluding tert-OH is 1. The number of hydrogen-bond donors (Lipinski definition) is 1. The number of hydrogen-bond acceptors (Lipinski definition) is 4. The van der Waals surface area contributed by atoms with Crippen LogP contribution in [0, 0.1) is 19.8 Å². The third-order valence-corrected chi connectivity index (χ3v) is 3.61. The number of rotatable bonds is 2. The highest BCUT2D eigenvalue weighted by atomic mass is 16.4. The first-order chi connectivity index (χ1) is 8.49. The summed E-state index contributed by atoms with van der Waals surface area (Å²) in [6, 6.07) is 0. The van der Waals surface area contributed by atoms with E-state index in [9.17, 15) is 9.90 Å². The maximum Gasteiger partial charge on any atom is 0.291 e. The topological polar surface area (TPSA) is 66.6 Å². The van der Waals surface area contributed by atoms with Crippen LogP contribution in [0.2, 0.25) is 0 Å². The lowest BCUT2D eigenvalue weighted by Crippen LogP contribution is -2.40. The molecule has 5 nitrogen and oxygen atoms in total. The van der Waals surface area contributed by atoms with Gasteiger partial charge < -0.3 is 14.4 Å². The van der Waals surface area contributed by atoms with Crippen LogP contribution in [-0.4, -0.2) is 40.1 Å². The lowest BCUT2D eigenvalue weighted by atomic mass is 9.92. The minimum absolute atomic E-state index is 0.0860. The first-order valence-electron chi connectivity index (χ1n) is 6.40. The Morgan fingerprint density at radius 3 is 2.50 bits per heavy atom. The van der Waals surface area contributed by atoms with Gasteiger partial charge in [0.1, 0.15) is 0 Å². The van der Waals surface area contributed by atoms with E-state index in [2.05, 4.69) is 4.98 Å². The second-order valence-corrected chi connectivity index (χ2v) is 5.02. The summed E-state index contributed by atoms with van der Waals surface area (Å²) in [5, 5.41) is 9.53. The number of carbonyl (C=O) groups is 1. The number of aliphatic hydroxyl groups is 1. The number of carbonyl (C=O) groups excluding carboxylic acids is 1. The molecule has 1 aromatic rings. The van der Waals surface area contributed by atoms with E-state index in [-0.39, 0.29) is 12.0 Å². The zero-order valence-electron chi connectivity index (χ0n) is 11.1. The molecule has 1 fully saturated rings. The number of nitrogens with zero attached hydrogens (tertiary/aromatic N) is 2. The summed E-state index contributed by atoms with van der Waals surface area (Å²) in [5.41, 5.74) is 0.648. The number of oxazole rings is 1. The van der Waals surface area contributed by atoms with Crippen LogP contribution in [0.15, 0.2) is 4.42 Å². The Morgan fingerprint density at radius 2 is 2.06 bits per heavy atom. The minimum Gasteiger partial charge on any atom is -0.436 e. The molecule has 0 radical (unpaired) electrons. The molecule has 0 spiro atoms. The Kier molecular flexibility index (Phi) is 3.71. The molecule has 0 saturated carbocycles. The van der Waals surface area contributed by atoms with Crippen LogP contribution >= 0.6 is 0 Å². The number of piperidine rings is 1. The van der Waals surface area contributed by atoms with Crippen molar-refractivity contribution in [3.8, 4) is 0 Å². The first-order valence-corrected chi connectivity index (χ1v) is 6.40. The maximum atomic E-state index is 12.2. The molecule has 1 amide bonds. The molecule has 1 atom stereocenters. The molecule has 100 valence electrons. The van der Waals surface area contributed by atoms with Crippen LogP contribution in [-0.2, 0) is 0 Å². The number of amides is 1. The van der Waals surface area contributed by atoms with E-state index in [1.165, 1.54) is 0 Å². The molecule has 1 aliphatic rings. The lowest BCUT2D eigenvalue weighted by Gasteiger charge is -2.32. The first kappa shape index (κ1) is 13.1. The van der Waals surface area contributed by atoms with Gasteiger partial charge in [0.05, 0.1) is 11.8 Å². The van der Waals surface area contributed by atoms with Gasteiger partial charge in [-0.05, 0) is 32.6 Å². The van der Waals surface area contributed by atoms with E-state index in [0.717, 1.165) is 12.8 Å². The molecule has 0 aromatic carbocycles. The largest absolute Gasteiger partial charge is 0.436 e. The van der Waals surface area contributed by atoms with Crippen molar-refractivity contribution in [2.45, 2.75) is 39.7 Å². The van der Waals surface area contributed by atoms with E-state index in [1.807, 2.05) is 6.92 Å². The number of likely N-dealkylation sites (tertiary alicyclic amines) is 1. The Hall–Kier alpha value is -1.36. The maximum absolute atomic E-state index is 12.2. The summed E-state index contributed by atoms with van der Waals surface area (Å²) in [6.07, 6.45) is 1.39. The molecule has 1 aromatic heterocycles. The average molecular weight is 252 g/mol. The molecule has 18 heavy (non-hydrogen) atoms. The summed E-state index contributed by atoms with van der Waals surface area (Å²) < 4.78 is 5.35. The molecule has 1 aliphatic heterocycles. The van der Waals surface area contributed by atoms with Crippen molar-refractivity contribution >= 4 is 5.91 Å². The van der Waals surface area contributed by atoms with Crippen LogP contribution in [0.1, 0.15) is 41.9 Å². The fraction of sp³-hybridized carbons (Fsp3) is 0.692. The second-order valence-electron chi connectivity index (χ2n) is 5.02. The van der Waals surface area contributed by atoms with Crippen molar-refractivity contribution in [2.75, 3.05) is 13.1 Å². The summed E-state index contributed by atoms with van der Waals surface area (Å²) in [6.45, 7) is 6.68. The average Bonchev–Trinajstić information content (AvgIpc) is 2.67. The van der Waals surface area contributed by atoms with Gasteiger partial charge >= 0.3 is 0 Å². The van der Waals surface area contributed by atoms with E-state index in [4.69, 9.17) is 4.42 Å². The number of aryl methyl sites for hydroxylation is 2. The van der Waals surface area contributed by atoms with Gasteiger partial charge in [-0.1, -0.05) is 0 Å². The fourth-order valence-corrected chi connectivity index (χ4v) is 2.46. The Morgan fingerprint density at radius 1 is 1.44 bits per heavy atom. The van der Waals surface area contributed by atoms with E-state index >= 15 is 0 Å². The van der Waals surface area contributed by atoms with Crippen molar-refractivity contribution in [1.29, 1.82) is 0 Å². The molecule has 2 heterocycles. The van der Waals surface area contributed by atoms with Crippen LogP contribution in [0.3, 0.4) is 0 Å². The molecular formula is C13H20N2O3. The third-order valence-electron chi connectivity index (χ3n) is 3.61. The van der Waals surface area contributed by atoms with Gasteiger partial charge in [-0.15, -0.1) is 0 Å². The SMILES string of the molecule is Cc1nc(C)c(C(=O)N2CCC(C(C)O)CC2)o1. The van der Waals surface area contributed by atoms with Gasteiger partial charge in [0, 0.05) is 20.0 Å². The molecule has 2 rings (SSSR count). The van der Waals surface area contributed by atoms with Crippen molar-refractivity contribution in [3.63, 3.8) is 0 Å². The zero-order valence-corrected chi connectivity index (χ0v) is 11.1. The van der Waals surface area contributed by atoms with Gasteiger partial charge in [-0.25, -0.2) is 4.98 Å². The van der Waals surface area contributed by atoms with E-state index in [1.54, 1.807) is 18.7 Å². The molecule has 0 bridgehead atoms. The Labute approximate surface area is 107 Å². The minimum atomic E-state index is -0.295. The normalized spacial score (nSPS) is 19.0. The van der Waals surface area contributed by atoms with Gasteiger partial charge in [-0.2, -0.15) is 0 Å². The highest BCUT2D eigenvalue weighted by molar-refractivity contribution is 5.92. The number of aromatic nitrogens is 1. The summed E-state index contributed by atoms with van der Waals surface area (Å²) in [5.74, 6) is 1.08. The van der Waals surface area contributed by atoms with Gasteiger partial charge in [0.2, 0.25) is 5.76 Å². The highest BCUT2D eigenvalue weighted by Gasteiger charge is 2.28. The molecule has 1 unspecified atom stereocenters. The zero-order chi connectivity index (χ0) is 13.3. The summed E-state index contributed by atoms with van der Waals surface area (Å²) in [7, 11) is 0. The Balaban J connectivity index is 2.02. The predicted octanol–water partition coefficient (Wildman–Crippen LogP) is 1.52. The monoisotopic (exact) mass is 252 g/mol. The van der Waals surface area contributed by atoms with Crippen molar-refractivity contribution < 1.29 is 14.3 Å². The molecular weight excluding hydrogens is 232 g/mol. The summed E-state index contributed by atoms with van der Waals surface area (Å²) in [4.78, 5) is 18.1. The van der Waals surface area contributed by atoms with Crippen molar-refractivity contribution in [1.82, 2.24) is 9.88 Å². The van der Waals surface area contributed by atoms with Gasteiger partial charge in [0.15, 0.2) is 5.89 Å². The second kappa shape index (κ2) is 5.10. The van der Waals surface area contributed by atoms with Crippen LogP contribution in [0.5, 0.6) is 0 Å². The highest BCUT2D eigenvalue weighted by Crippen LogP contribution is 2.22. The van der Waals surface area contributed by atoms with Crippen LogP contribution in [0.25, 0.3) is 0 Å². The van der Waals surface area contributed by atoms with E-state index < -0.39 is 0 Å². The Bertz CT molecular complexity index is 431. The smallest absolute Gasteiger partial charge is 0.291 e.